The molecule has 0 aliphatic carbocycles. The van der Waals surface area contributed by atoms with Gasteiger partial charge in [-0.25, -0.2) is 0 Å². The Balaban J connectivity index is 2.27. The summed E-state index contributed by atoms with van der Waals surface area (Å²) in [6.45, 7) is 1.64. The molecule has 0 saturated heterocycles. The summed E-state index contributed by atoms with van der Waals surface area (Å²) in [5, 5.41) is 18.3. The monoisotopic (exact) mass is 218 g/mol. The molecule has 0 saturated carbocycles. The first-order valence-corrected chi connectivity index (χ1v) is 5.18. The minimum atomic E-state index is -0.460. The van der Waals surface area contributed by atoms with Crippen LogP contribution in [0, 0.1) is 0 Å². The number of hydrogen-bond donors (Lipinski definition) is 2. The van der Waals surface area contributed by atoms with Crippen LogP contribution in [0.3, 0.4) is 0 Å². The largest absolute Gasteiger partial charge is 0.459 e. The van der Waals surface area contributed by atoms with E-state index in [1.165, 1.54) is 0 Å². The van der Waals surface area contributed by atoms with Crippen molar-refractivity contribution in [3.8, 4) is 11.3 Å². The zero-order valence-electron chi connectivity index (χ0n) is 9.05. The quantitative estimate of drug-likeness (QED) is 0.832. The van der Waals surface area contributed by atoms with Crippen LogP contribution in [0.4, 0.5) is 0 Å². The van der Waals surface area contributed by atoms with Gasteiger partial charge < -0.3 is 14.6 Å². The molecule has 16 heavy (non-hydrogen) atoms. The van der Waals surface area contributed by atoms with Crippen LogP contribution in [0.15, 0.2) is 40.8 Å². The summed E-state index contributed by atoms with van der Waals surface area (Å²) >= 11 is 0. The number of aliphatic hydroxyl groups is 2. The average Bonchev–Trinajstić information content (AvgIpc) is 2.77. The van der Waals surface area contributed by atoms with E-state index in [0.29, 0.717) is 5.76 Å². The SMILES string of the molecule is C[C@@H](O)c1ccc(-c2ccc(CO)o2)cc1. The number of aliphatic hydroxyl groups excluding tert-OH is 2. The molecule has 0 aliphatic heterocycles. The van der Waals surface area contributed by atoms with Crippen molar-refractivity contribution in [1.82, 2.24) is 0 Å². The number of rotatable bonds is 3. The maximum absolute atomic E-state index is 9.37. The maximum atomic E-state index is 9.37. The number of benzene rings is 1. The Morgan fingerprint density at radius 1 is 1.12 bits per heavy atom. The second-order valence-corrected chi connectivity index (χ2v) is 3.72. The Morgan fingerprint density at radius 2 is 1.81 bits per heavy atom. The highest BCUT2D eigenvalue weighted by Gasteiger charge is 2.05. The molecule has 2 aromatic rings. The van der Waals surface area contributed by atoms with Crippen LogP contribution < -0.4 is 0 Å². The molecule has 84 valence electrons. The van der Waals surface area contributed by atoms with E-state index in [1.54, 1.807) is 13.0 Å². The molecular weight excluding hydrogens is 204 g/mol. The molecule has 0 unspecified atom stereocenters. The highest BCUT2D eigenvalue weighted by atomic mass is 16.4. The molecule has 2 rings (SSSR count). The first-order valence-electron chi connectivity index (χ1n) is 5.18. The highest BCUT2D eigenvalue weighted by Crippen LogP contribution is 2.24. The lowest BCUT2D eigenvalue weighted by atomic mass is 10.1. The molecule has 1 heterocycles. The van der Waals surface area contributed by atoms with Crippen LogP contribution in [0.2, 0.25) is 0 Å². The number of hydrogen-bond acceptors (Lipinski definition) is 3. The molecule has 3 nitrogen and oxygen atoms in total. The van der Waals surface area contributed by atoms with Crippen LogP contribution in [0.5, 0.6) is 0 Å². The summed E-state index contributed by atoms with van der Waals surface area (Å²) in [7, 11) is 0. The van der Waals surface area contributed by atoms with E-state index in [1.807, 2.05) is 30.3 Å². The van der Waals surface area contributed by atoms with Crippen LogP contribution >= 0.6 is 0 Å². The molecule has 0 radical (unpaired) electrons. The Labute approximate surface area is 94.0 Å². The molecule has 3 heteroatoms. The molecule has 1 aromatic carbocycles. The molecule has 1 aromatic heterocycles. The van der Waals surface area contributed by atoms with Gasteiger partial charge in [0.15, 0.2) is 0 Å². The fourth-order valence-electron chi connectivity index (χ4n) is 1.54. The minimum Gasteiger partial charge on any atom is -0.459 e. The van der Waals surface area contributed by atoms with Crippen LogP contribution in [0.1, 0.15) is 24.4 Å². The van der Waals surface area contributed by atoms with E-state index in [4.69, 9.17) is 9.52 Å². The van der Waals surface area contributed by atoms with Crippen molar-refractivity contribution < 1.29 is 14.6 Å². The zero-order chi connectivity index (χ0) is 11.5. The van der Waals surface area contributed by atoms with Gasteiger partial charge in [0.25, 0.3) is 0 Å². The van der Waals surface area contributed by atoms with E-state index < -0.39 is 6.10 Å². The molecule has 0 spiro atoms. The molecule has 0 aliphatic rings. The van der Waals surface area contributed by atoms with Crippen LogP contribution in [0.25, 0.3) is 11.3 Å². The van der Waals surface area contributed by atoms with E-state index in [2.05, 4.69) is 0 Å². The number of furan rings is 1. The molecule has 0 amide bonds. The van der Waals surface area contributed by atoms with Gasteiger partial charge in [-0.2, -0.15) is 0 Å². The van der Waals surface area contributed by atoms with Gasteiger partial charge in [0.1, 0.15) is 18.1 Å². The maximum Gasteiger partial charge on any atom is 0.134 e. The van der Waals surface area contributed by atoms with Gasteiger partial charge in [-0.15, -0.1) is 0 Å². The molecule has 1 atom stereocenters. The Hall–Kier alpha value is -1.58. The summed E-state index contributed by atoms with van der Waals surface area (Å²) in [6, 6.07) is 11.1. The molecular formula is C13H14O3. The Kier molecular flexibility index (Phi) is 3.08. The van der Waals surface area contributed by atoms with Crippen molar-refractivity contribution in [2.75, 3.05) is 0 Å². The predicted octanol–water partition coefficient (Wildman–Crippen LogP) is 2.49. The van der Waals surface area contributed by atoms with Crippen LogP contribution in [-0.4, -0.2) is 10.2 Å². The summed E-state index contributed by atoms with van der Waals surface area (Å²) < 4.78 is 5.41. The highest BCUT2D eigenvalue weighted by molar-refractivity contribution is 5.58. The summed E-state index contributed by atoms with van der Waals surface area (Å²) in [4.78, 5) is 0. The third-order valence-corrected chi connectivity index (χ3v) is 2.50. The van der Waals surface area contributed by atoms with Gasteiger partial charge in [-0.3, -0.25) is 0 Å². The third-order valence-electron chi connectivity index (χ3n) is 2.50. The minimum absolute atomic E-state index is 0.0915. The standard InChI is InChI=1S/C13H14O3/c1-9(15)10-2-4-11(5-3-10)13-7-6-12(8-14)16-13/h2-7,9,14-15H,8H2,1H3/t9-/m1/s1. The normalized spacial score (nSPS) is 12.7. The van der Waals surface area contributed by atoms with Crippen molar-refractivity contribution in [2.45, 2.75) is 19.6 Å². The van der Waals surface area contributed by atoms with Gasteiger partial charge in [0, 0.05) is 5.56 Å². The lowest BCUT2D eigenvalue weighted by Gasteiger charge is -2.04. The molecule has 0 fully saturated rings. The molecule has 0 bridgehead atoms. The first-order chi connectivity index (χ1) is 7.70. The van der Waals surface area contributed by atoms with Gasteiger partial charge in [0.2, 0.25) is 0 Å². The second-order valence-electron chi connectivity index (χ2n) is 3.72. The summed E-state index contributed by atoms with van der Waals surface area (Å²) in [5.74, 6) is 1.27. The van der Waals surface area contributed by atoms with Crippen LogP contribution in [-0.2, 0) is 6.61 Å². The fourth-order valence-corrected chi connectivity index (χ4v) is 1.54. The van der Waals surface area contributed by atoms with Gasteiger partial charge >= 0.3 is 0 Å². The zero-order valence-corrected chi connectivity index (χ0v) is 9.05. The van der Waals surface area contributed by atoms with E-state index in [9.17, 15) is 5.11 Å². The van der Waals surface area contributed by atoms with Crippen molar-refractivity contribution in [3.05, 3.63) is 47.7 Å². The average molecular weight is 218 g/mol. The molecule has 2 N–H and O–H groups in total. The van der Waals surface area contributed by atoms with E-state index in [-0.39, 0.29) is 6.61 Å². The topological polar surface area (TPSA) is 53.6 Å². The van der Waals surface area contributed by atoms with Crippen molar-refractivity contribution in [3.63, 3.8) is 0 Å². The summed E-state index contributed by atoms with van der Waals surface area (Å²) in [6.07, 6.45) is -0.460. The predicted molar refractivity (Wildman–Crippen MR) is 60.7 cm³/mol. The van der Waals surface area contributed by atoms with Gasteiger partial charge in [-0.1, -0.05) is 24.3 Å². The van der Waals surface area contributed by atoms with Crippen molar-refractivity contribution in [2.24, 2.45) is 0 Å². The first kappa shape index (κ1) is 10.9. The fraction of sp³-hybridized carbons (Fsp3) is 0.231. The van der Waals surface area contributed by atoms with Crippen molar-refractivity contribution >= 4 is 0 Å². The van der Waals surface area contributed by atoms with E-state index in [0.717, 1.165) is 16.9 Å². The van der Waals surface area contributed by atoms with Gasteiger partial charge in [0.05, 0.1) is 6.10 Å². The van der Waals surface area contributed by atoms with Crippen molar-refractivity contribution in [1.29, 1.82) is 0 Å². The van der Waals surface area contributed by atoms with Gasteiger partial charge in [-0.05, 0) is 24.6 Å². The smallest absolute Gasteiger partial charge is 0.134 e. The third kappa shape index (κ3) is 2.15. The van der Waals surface area contributed by atoms with E-state index >= 15 is 0 Å². The lowest BCUT2D eigenvalue weighted by molar-refractivity contribution is 0.199. The Bertz CT molecular complexity index is 454. The lowest BCUT2D eigenvalue weighted by Crippen LogP contribution is -1.89. The Morgan fingerprint density at radius 3 is 2.31 bits per heavy atom. The summed E-state index contributed by atoms with van der Waals surface area (Å²) in [5.41, 5.74) is 1.81. The second kappa shape index (κ2) is 4.51.